The Kier molecular flexibility index (Phi) is 8.97. The Morgan fingerprint density at radius 1 is 1.28 bits per heavy atom. The van der Waals surface area contributed by atoms with Crippen LogP contribution in [0.1, 0.15) is 31.6 Å². The first kappa shape index (κ1) is 21.5. The summed E-state index contributed by atoms with van der Waals surface area (Å²) >= 11 is 0. The van der Waals surface area contributed by atoms with Crippen LogP contribution in [0.15, 0.2) is 40.9 Å². The van der Waals surface area contributed by atoms with E-state index in [2.05, 4.69) is 4.98 Å². The molecule has 1 fully saturated rings. The quantitative estimate of drug-likeness (QED) is 0.854. The molecule has 3 rings (SSSR count). The first-order valence-corrected chi connectivity index (χ1v) is 8.26. The zero-order valence-electron chi connectivity index (χ0n) is 14.1. The molecule has 7 heteroatoms. The van der Waals surface area contributed by atoms with E-state index in [0.717, 1.165) is 37.1 Å². The van der Waals surface area contributed by atoms with E-state index in [-0.39, 0.29) is 36.8 Å². The van der Waals surface area contributed by atoms with Gasteiger partial charge in [0, 0.05) is 37.5 Å². The Morgan fingerprint density at radius 2 is 2.04 bits per heavy atom. The number of piperidine rings is 1. The maximum Gasteiger partial charge on any atom is 0.222 e. The molecule has 138 valence electrons. The lowest BCUT2D eigenvalue weighted by molar-refractivity contribution is -0.132. The molecule has 2 N–H and O–H groups in total. The monoisotopic (exact) mass is 385 g/mol. The minimum Gasteiger partial charge on any atom is -0.441 e. The van der Waals surface area contributed by atoms with Crippen molar-refractivity contribution in [2.24, 2.45) is 5.73 Å². The molecule has 2 aromatic rings. The zero-order chi connectivity index (χ0) is 16.1. The minimum atomic E-state index is 0. The third-order valence-corrected chi connectivity index (χ3v) is 4.20. The molecule has 0 aliphatic carbocycles. The number of oxazole rings is 1. The van der Waals surface area contributed by atoms with Crippen molar-refractivity contribution in [3.8, 4) is 11.3 Å². The van der Waals surface area contributed by atoms with Crippen molar-refractivity contribution in [1.29, 1.82) is 0 Å². The number of carbonyl (C=O) groups is 1. The molecule has 1 aromatic heterocycles. The molecule has 2 heterocycles. The van der Waals surface area contributed by atoms with Crippen LogP contribution in [0.25, 0.3) is 11.3 Å². The van der Waals surface area contributed by atoms with Crippen LogP contribution >= 0.6 is 24.8 Å². The van der Waals surface area contributed by atoms with Gasteiger partial charge in [0.25, 0.3) is 0 Å². The number of amides is 1. The second-order valence-electron chi connectivity index (χ2n) is 6.08. The molecule has 1 atom stereocenters. The van der Waals surface area contributed by atoms with E-state index in [0.29, 0.717) is 25.3 Å². The second-order valence-corrected chi connectivity index (χ2v) is 6.08. The topological polar surface area (TPSA) is 72.4 Å². The van der Waals surface area contributed by atoms with E-state index < -0.39 is 0 Å². The predicted molar refractivity (Wildman–Crippen MR) is 103 cm³/mol. The Labute approximate surface area is 160 Å². The molecule has 0 bridgehead atoms. The summed E-state index contributed by atoms with van der Waals surface area (Å²) in [4.78, 5) is 18.4. The molecule has 0 saturated carbocycles. The van der Waals surface area contributed by atoms with Crippen molar-refractivity contribution in [2.75, 3.05) is 13.1 Å². The largest absolute Gasteiger partial charge is 0.441 e. The number of nitrogens with zero attached hydrogens (tertiary/aromatic N) is 2. The average Bonchev–Trinajstić information content (AvgIpc) is 3.04. The van der Waals surface area contributed by atoms with Crippen LogP contribution in [-0.2, 0) is 11.2 Å². The van der Waals surface area contributed by atoms with Crippen molar-refractivity contribution in [3.05, 3.63) is 42.4 Å². The molecule has 25 heavy (non-hydrogen) atoms. The van der Waals surface area contributed by atoms with Crippen LogP contribution in [0.5, 0.6) is 0 Å². The summed E-state index contributed by atoms with van der Waals surface area (Å²) < 4.78 is 5.76. The fourth-order valence-corrected chi connectivity index (χ4v) is 2.95. The molecular weight excluding hydrogens is 361 g/mol. The van der Waals surface area contributed by atoms with Gasteiger partial charge in [0.05, 0.1) is 6.20 Å². The molecule has 1 saturated heterocycles. The number of rotatable bonds is 5. The van der Waals surface area contributed by atoms with E-state index in [1.807, 2.05) is 35.2 Å². The van der Waals surface area contributed by atoms with E-state index in [1.165, 1.54) is 0 Å². The van der Waals surface area contributed by atoms with Crippen LogP contribution in [0.4, 0.5) is 0 Å². The van der Waals surface area contributed by atoms with Crippen LogP contribution < -0.4 is 5.73 Å². The maximum atomic E-state index is 12.2. The predicted octanol–water partition coefficient (Wildman–Crippen LogP) is 3.46. The van der Waals surface area contributed by atoms with Crippen LogP contribution in [-0.4, -0.2) is 34.9 Å². The van der Waals surface area contributed by atoms with Crippen molar-refractivity contribution < 1.29 is 9.21 Å². The van der Waals surface area contributed by atoms with Crippen LogP contribution in [0.3, 0.4) is 0 Å². The van der Waals surface area contributed by atoms with E-state index in [1.54, 1.807) is 6.20 Å². The molecule has 1 aliphatic rings. The highest BCUT2D eigenvalue weighted by molar-refractivity contribution is 5.85. The third kappa shape index (κ3) is 6.03. The van der Waals surface area contributed by atoms with Crippen molar-refractivity contribution >= 4 is 30.7 Å². The molecule has 0 radical (unpaired) electrons. The van der Waals surface area contributed by atoms with E-state index in [4.69, 9.17) is 10.2 Å². The van der Waals surface area contributed by atoms with Crippen molar-refractivity contribution in [3.63, 3.8) is 0 Å². The number of aromatic nitrogens is 1. The van der Waals surface area contributed by atoms with Gasteiger partial charge in [0.2, 0.25) is 5.91 Å². The van der Waals surface area contributed by atoms with Gasteiger partial charge < -0.3 is 15.1 Å². The maximum absolute atomic E-state index is 12.2. The first-order valence-electron chi connectivity index (χ1n) is 8.26. The number of benzene rings is 1. The summed E-state index contributed by atoms with van der Waals surface area (Å²) in [5.74, 6) is 1.65. The summed E-state index contributed by atoms with van der Waals surface area (Å²) in [7, 11) is 0. The summed E-state index contributed by atoms with van der Waals surface area (Å²) in [5.41, 5.74) is 6.94. The highest BCUT2D eigenvalue weighted by Crippen LogP contribution is 2.20. The number of carbonyl (C=O) groups excluding carboxylic acids is 1. The fourth-order valence-electron chi connectivity index (χ4n) is 2.95. The van der Waals surface area contributed by atoms with E-state index in [9.17, 15) is 4.79 Å². The van der Waals surface area contributed by atoms with Gasteiger partial charge in [-0.25, -0.2) is 4.98 Å². The Hall–Kier alpha value is -1.56. The van der Waals surface area contributed by atoms with Gasteiger partial charge in [-0.05, 0) is 19.3 Å². The smallest absolute Gasteiger partial charge is 0.222 e. The molecule has 1 aromatic carbocycles. The number of likely N-dealkylation sites (tertiary alicyclic amines) is 1. The van der Waals surface area contributed by atoms with Gasteiger partial charge in [0.1, 0.15) is 0 Å². The number of aryl methyl sites for hydroxylation is 1. The third-order valence-electron chi connectivity index (χ3n) is 4.20. The minimum absolute atomic E-state index is 0. The van der Waals surface area contributed by atoms with Crippen LogP contribution in [0, 0.1) is 0 Å². The van der Waals surface area contributed by atoms with Crippen molar-refractivity contribution in [1.82, 2.24) is 9.88 Å². The molecular formula is C18H25Cl2N3O2. The fraction of sp³-hybridized carbons (Fsp3) is 0.444. The highest BCUT2D eigenvalue weighted by Gasteiger charge is 2.20. The standard InChI is InChI=1S/C18H23N3O2.2ClH/c19-15-8-5-11-21(13-15)18(22)10-4-9-17-20-12-16(23-17)14-6-2-1-3-7-14;;/h1-3,6-7,12,15H,4-5,8-11,13,19H2;2*1H. The number of hydrogen-bond donors (Lipinski definition) is 1. The molecule has 5 nitrogen and oxygen atoms in total. The first-order chi connectivity index (χ1) is 11.2. The SMILES string of the molecule is Cl.Cl.NC1CCCN(C(=O)CCCc2ncc(-c3ccccc3)o2)C1. The molecule has 1 aliphatic heterocycles. The summed E-state index contributed by atoms with van der Waals surface area (Å²) in [6, 6.07) is 10.0. The van der Waals surface area contributed by atoms with Gasteiger partial charge in [-0.2, -0.15) is 0 Å². The number of nitrogens with two attached hydrogens (primary N) is 1. The lowest BCUT2D eigenvalue weighted by Gasteiger charge is -2.30. The molecule has 1 amide bonds. The average molecular weight is 386 g/mol. The molecule has 0 spiro atoms. The van der Waals surface area contributed by atoms with Gasteiger partial charge in [0.15, 0.2) is 11.7 Å². The second kappa shape index (κ2) is 10.4. The number of hydrogen-bond acceptors (Lipinski definition) is 4. The van der Waals surface area contributed by atoms with E-state index >= 15 is 0 Å². The summed E-state index contributed by atoms with van der Waals surface area (Å²) in [6.07, 6.45) is 5.72. The van der Waals surface area contributed by atoms with Gasteiger partial charge >= 0.3 is 0 Å². The van der Waals surface area contributed by atoms with Gasteiger partial charge in [-0.1, -0.05) is 30.3 Å². The summed E-state index contributed by atoms with van der Waals surface area (Å²) in [6.45, 7) is 1.53. The van der Waals surface area contributed by atoms with Gasteiger partial charge in [-0.15, -0.1) is 24.8 Å². The number of halogens is 2. The Morgan fingerprint density at radius 3 is 2.76 bits per heavy atom. The lowest BCUT2D eigenvalue weighted by Crippen LogP contribution is -2.45. The normalized spacial score (nSPS) is 16.7. The zero-order valence-corrected chi connectivity index (χ0v) is 15.7. The van der Waals surface area contributed by atoms with Crippen molar-refractivity contribution in [2.45, 2.75) is 38.1 Å². The van der Waals surface area contributed by atoms with Gasteiger partial charge in [-0.3, -0.25) is 4.79 Å². The molecule has 1 unspecified atom stereocenters. The Bertz CT molecular complexity index is 649. The Balaban J connectivity index is 0.00000156. The highest BCUT2D eigenvalue weighted by atomic mass is 35.5. The lowest BCUT2D eigenvalue weighted by atomic mass is 10.1. The summed E-state index contributed by atoms with van der Waals surface area (Å²) in [5, 5.41) is 0. The van der Waals surface area contributed by atoms with Crippen LogP contribution in [0.2, 0.25) is 0 Å².